The van der Waals surface area contributed by atoms with Gasteiger partial charge in [-0.3, -0.25) is 14.3 Å². The molecule has 2 amide bonds. The number of anilines is 1. The number of aliphatic hydroxyl groups is 1. The molecule has 0 aromatic carbocycles. The zero-order valence-corrected chi connectivity index (χ0v) is 15.1. The molecule has 1 aromatic rings. The first-order chi connectivity index (χ1) is 11.2. The molecule has 2 heterocycles. The second-order valence-electron chi connectivity index (χ2n) is 7.24. The molecule has 0 aliphatic carbocycles. The Kier molecular flexibility index (Phi) is 5.64. The number of hydrogen-bond donors (Lipinski definition) is 2. The summed E-state index contributed by atoms with van der Waals surface area (Å²) in [6.07, 6.45) is 1.28. The summed E-state index contributed by atoms with van der Waals surface area (Å²) < 4.78 is 1.93. The molecule has 24 heavy (non-hydrogen) atoms. The highest BCUT2D eigenvalue weighted by molar-refractivity contribution is 5.97. The van der Waals surface area contributed by atoms with E-state index in [-0.39, 0.29) is 30.7 Å². The summed E-state index contributed by atoms with van der Waals surface area (Å²) in [6, 6.07) is -0.633. The van der Waals surface area contributed by atoms with Gasteiger partial charge >= 0.3 is 0 Å². The van der Waals surface area contributed by atoms with Gasteiger partial charge in [0.25, 0.3) is 0 Å². The predicted molar refractivity (Wildman–Crippen MR) is 91.6 cm³/mol. The number of aliphatic hydroxyl groups excluding tert-OH is 1. The number of likely N-dealkylation sites (tertiary alicyclic amines) is 1. The molecule has 1 aromatic heterocycles. The summed E-state index contributed by atoms with van der Waals surface area (Å²) in [5, 5.41) is 17.1. The van der Waals surface area contributed by atoms with Crippen LogP contribution in [0.2, 0.25) is 0 Å². The third-order valence-electron chi connectivity index (χ3n) is 4.21. The van der Waals surface area contributed by atoms with Gasteiger partial charge in [-0.1, -0.05) is 27.7 Å². The van der Waals surface area contributed by atoms with Crippen molar-refractivity contribution in [3.63, 3.8) is 0 Å². The van der Waals surface area contributed by atoms with E-state index in [1.54, 1.807) is 6.20 Å². The summed E-state index contributed by atoms with van der Waals surface area (Å²) in [5.74, 6) is 0.183. The Morgan fingerprint density at radius 2 is 2.04 bits per heavy atom. The minimum absolute atomic E-state index is 0.203. The average Bonchev–Trinajstić information content (AvgIpc) is 3.02. The molecule has 134 valence electrons. The van der Waals surface area contributed by atoms with Crippen molar-refractivity contribution in [3.05, 3.63) is 11.9 Å². The highest BCUT2D eigenvalue weighted by Gasteiger charge is 2.37. The Labute approximate surface area is 143 Å². The van der Waals surface area contributed by atoms with Gasteiger partial charge in [0.15, 0.2) is 0 Å². The lowest BCUT2D eigenvalue weighted by atomic mass is 10.1. The summed E-state index contributed by atoms with van der Waals surface area (Å²) in [6.45, 7) is 10.8. The number of nitrogens with zero attached hydrogens (tertiary/aromatic N) is 3. The lowest BCUT2D eigenvalue weighted by Gasteiger charge is -2.22. The Morgan fingerprint density at radius 3 is 2.58 bits per heavy atom. The molecule has 0 bridgehead atoms. The Balaban J connectivity index is 2.19. The van der Waals surface area contributed by atoms with Gasteiger partial charge in [-0.05, 0) is 11.8 Å². The molecule has 1 aliphatic rings. The molecule has 1 aliphatic heterocycles. The van der Waals surface area contributed by atoms with E-state index >= 15 is 0 Å². The smallest absolute Gasteiger partial charge is 0.247 e. The van der Waals surface area contributed by atoms with E-state index < -0.39 is 12.1 Å². The van der Waals surface area contributed by atoms with E-state index in [9.17, 15) is 14.7 Å². The third-order valence-corrected chi connectivity index (χ3v) is 4.21. The second kappa shape index (κ2) is 7.34. The van der Waals surface area contributed by atoms with Gasteiger partial charge < -0.3 is 15.3 Å². The summed E-state index contributed by atoms with van der Waals surface area (Å²) in [4.78, 5) is 25.7. The highest BCUT2D eigenvalue weighted by Crippen LogP contribution is 2.26. The fraction of sp³-hybridized carbons (Fsp3) is 0.706. The van der Waals surface area contributed by atoms with Crippen LogP contribution in [-0.2, 0) is 16.1 Å². The van der Waals surface area contributed by atoms with Crippen molar-refractivity contribution in [1.29, 1.82) is 0 Å². The van der Waals surface area contributed by atoms with Crippen molar-refractivity contribution in [3.8, 4) is 0 Å². The number of carbonyl (C=O) groups excluding carboxylic acids is 2. The molecule has 7 nitrogen and oxygen atoms in total. The summed E-state index contributed by atoms with van der Waals surface area (Å²) >= 11 is 0. The standard InChI is InChI=1S/C17H28N4O3/c1-10(2)8-21-16(11(3)4)14(7-18-21)19-17(24)15-6-13(23)9-20(15)12(5)22/h7,10-11,13,15,23H,6,8-9H2,1-5H3,(H,19,24)/t13-,15-/m1/s1. The van der Waals surface area contributed by atoms with Crippen LogP contribution in [0.25, 0.3) is 0 Å². The van der Waals surface area contributed by atoms with Gasteiger partial charge in [-0.2, -0.15) is 5.10 Å². The maximum Gasteiger partial charge on any atom is 0.247 e. The minimum atomic E-state index is -0.655. The first kappa shape index (κ1) is 18.4. The van der Waals surface area contributed by atoms with Crippen LogP contribution in [0, 0.1) is 5.92 Å². The van der Waals surface area contributed by atoms with Crippen molar-refractivity contribution in [1.82, 2.24) is 14.7 Å². The van der Waals surface area contributed by atoms with E-state index in [1.165, 1.54) is 11.8 Å². The van der Waals surface area contributed by atoms with Gasteiger partial charge in [0, 0.05) is 26.4 Å². The number of hydrogen-bond acceptors (Lipinski definition) is 4. The molecule has 2 N–H and O–H groups in total. The maximum absolute atomic E-state index is 12.6. The molecule has 0 spiro atoms. The molecule has 7 heteroatoms. The number of amides is 2. The largest absolute Gasteiger partial charge is 0.391 e. The number of rotatable bonds is 5. The lowest BCUT2D eigenvalue weighted by molar-refractivity contribution is -0.134. The van der Waals surface area contributed by atoms with E-state index in [0.717, 1.165) is 12.2 Å². The maximum atomic E-state index is 12.6. The first-order valence-corrected chi connectivity index (χ1v) is 8.52. The van der Waals surface area contributed by atoms with Crippen LogP contribution in [0.5, 0.6) is 0 Å². The van der Waals surface area contributed by atoms with Crippen LogP contribution < -0.4 is 5.32 Å². The number of aromatic nitrogens is 2. The van der Waals surface area contributed by atoms with E-state index in [1.807, 2.05) is 4.68 Å². The monoisotopic (exact) mass is 336 g/mol. The molecule has 1 saturated heterocycles. The Bertz CT molecular complexity index is 609. The lowest BCUT2D eigenvalue weighted by Crippen LogP contribution is -2.42. The van der Waals surface area contributed by atoms with E-state index in [0.29, 0.717) is 11.6 Å². The van der Waals surface area contributed by atoms with Crippen LogP contribution in [0.15, 0.2) is 6.20 Å². The molecular formula is C17H28N4O3. The molecule has 1 fully saturated rings. The third kappa shape index (κ3) is 3.95. The predicted octanol–water partition coefficient (Wildman–Crippen LogP) is 1.58. The SMILES string of the molecule is CC(=O)N1C[C@H](O)C[C@@H]1C(=O)Nc1cnn(CC(C)C)c1C(C)C. The molecule has 0 radical (unpaired) electrons. The zero-order chi connectivity index (χ0) is 18.0. The molecule has 0 saturated carbocycles. The second-order valence-corrected chi connectivity index (χ2v) is 7.24. The Hall–Kier alpha value is -1.89. The topological polar surface area (TPSA) is 87.5 Å². The number of nitrogens with one attached hydrogen (secondary N) is 1. The van der Waals surface area contributed by atoms with Gasteiger partial charge in [0.05, 0.1) is 23.7 Å². The number of β-amino-alcohol motifs (C(OH)–C–C–N with tert-alkyl or cyclic N) is 1. The van der Waals surface area contributed by atoms with Crippen LogP contribution in [0.3, 0.4) is 0 Å². The molecule has 2 atom stereocenters. The van der Waals surface area contributed by atoms with Crippen molar-refractivity contribution in [2.45, 2.75) is 65.6 Å². The van der Waals surface area contributed by atoms with Gasteiger partial charge in [0.1, 0.15) is 6.04 Å². The van der Waals surface area contributed by atoms with Crippen LogP contribution in [0.4, 0.5) is 5.69 Å². The molecular weight excluding hydrogens is 308 g/mol. The minimum Gasteiger partial charge on any atom is -0.391 e. The Morgan fingerprint density at radius 1 is 1.38 bits per heavy atom. The van der Waals surface area contributed by atoms with E-state index in [4.69, 9.17) is 0 Å². The summed E-state index contributed by atoms with van der Waals surface area (Å²) in [5.41, 5.74) is 1.66. The highest BCUT2D eigenvalue weighted by atomic mass is 16.3. The van der Waals surface area contributed by atoms with Crippen LogP contribution in [0.1, 0.15) is 52.7 Å². The van der Waals surface area contributed by atoms with Gasteiger partial charge in [-0.25, -0.2) is 0 Å². The molecule has 0 unspecified atom stereocenters. The van der Waals surface area contributed by atoms with Crippen LogP contribution in [-0.4, -0.2) is 50.3 Å². The van der Waals surface area contributed by atoms with Crippen molar-refractivity contribution in [2.75, 3.05) is 11.9 Å². The van der Waals surface area contributed by atoms with E-state index in [2.05, 4.69) is 38.1 Å². The molecule has 2 rings (SSSR count). The zero-order valence-electron chi connectivity index (χ0n) is 15.1. The van der Waals surface area contributed by atoms with Crippen molar-refractivity contribution < 1.29 is 14.7 Å². The first-order valence-electron chi connectivity index (χ1n) is 8.52. The summed E-state index contributed by atoms with van der Waals surface area (Å²) in [7, 11) is 0. The van der Waals surface area contributed by atoms with Gasteiger partial charge in [-0.15, -0.1) is 0 Å². The fourth-order valence-electron chi connectivity index (χ4n) is 3.22. The van der Waals surface area contributed by atoms with Crippen molar-refractivity contribution in [2.24, 2.45) is 5.92 Å². The van der Waals surface area contributed by atoms with Crippen molar-refractivity contribution >= 4 is 17.5 Å². The average molecular weight is 336 g/mol. The quantitative estimate of drug-likeness (QED) is 0.854. The fourth-order valence-corrected chi connectivity index (χ4v) is 3.22. The van der Waals surface area contributed by atoms with Gasteiger partial charge in [0.2, 0.25) is 11.8 Å². The number of carbonyl (C=O) groups is 2. The van der Waals surface area contributed by atoms with Crippen LogP contribution >= 0.6 is 0 Å². The normalized spacial score (nSPS) is 20.9.